The van der Waals surface area contributed by atoms with Crippen molar-refractivity contribution >= 4 is 29.9 Å². The Morgan fingerprint density at radius 1 is 1.12 bits per heavy atom. The van der Waals surface area contributed by atoms with Crippen molar-refractivity contribution in [2.45, 2.75) is 33.2 Å². The van der Waals surface area contributed by atoms with E-state index in [9.17, 15) is 0 Å². The minimum Gasteiger partial charge on any atom is -0.364 e. The lowest BCUT2D eigenvalue weighted by molar-refractivity contribution is 0.169. The van der Waals surface area contributed by atoms with Crippen LogP contribution in [-0.4, -0.2) is 70.0 Å². The molecule has 0 radical (unpaired) electrons. The van der Waals surface area contributed by atoms with Crippen molar-refractivity contribution in [3.8, 4) is 5.69 Å². The minimum absolute atomic E-state index is 0. The summed E-state index contributed by atoms with van der Waals surface area (Å²) in [7, 11) is 0. The molecule has 0 atom stereocenters. The summed E-state index contributed by atoms with van der Waals surface area (Å²) < 4.78 is 6.91. The topological polar surface area (TPSA) is 74.7 Å². The molecule has 3 aromatic rings. The van der Waals surface area contributed by atoms with Gasteiger partial charge in [0.25, 0.3) is 0 Å². The predicted molar refractivity (Wildman–Crippen MR) is 141 cm³/mol. The number of piperazine rings is 1. The van der Waals surface area contributed by atoms with Crippen LogP contribution in [0, 0.1) is 6.92 Å². The summed E-state index contributed by atoms with van der Waals surface area (Å²) in [6, 6.07) is 12.2. The maximum absolute atomic E-state index is 4.94. The van der Waals surface area contributed by atoms with E-state index < -0.39 is 0 Å². The molecule has 0 aliphatic carbocycles. The third-order valence-electron chi connectivity index (χ3n) is 5.77. The highest BCUT2D eigenvalue weighted by atomic mass is 127. The van der Waals surface area contributed by atoms with Crippen molar-refractivity contribution in [1.82, 2.24) is 30.1 Å². The zero-order valence-corrected chi connectivity index (χ0v) is 21.8. The quantitative estimate of drug-likeness (QED) is 0.196. The van der Waals surface area contributed by atoms with Crippen molar-refractivity contribution in [3.05, 3.63) is 65.8 Å². The van der Waals surface area contributed by atoms with Crippen molar-refractivity contribution in [2.24, 2.45) is 4.99 Å². The van der Waals surface area contributed by atoms with Gasteiger partial charge in [0.15, 0.2) is 5.96 Å². The van der Waals surface area contributed by atoms with Gasteiger partial charge in [-0.3, -0.25) is 9.89 Å². The summed E-state index contributed by atoms with van der Waals surface area (Å²) in [6.07, 6.45) is 5.76. The molecule has 0 bridgehead atoms. The van der Waals surface area contributed by atoms with Gasteiger partial charge < -0.3 is 14.7 Å². The fourth-order valence-corrected chi connectivity index (χ4v) is 4.00. The Balaban J connectivity index is 0.00000306. The van der Waals surface area contributed by atoms with Crippen molar-refractivity contribution in [2.75, 3.05) is 39.3 Å². The van der Waals surface area contributed by atoms with Gasteiger partial charge in [0.05, 0.1) is 17.1 Å². The van der Waals surface area contributed by atoms with E-state index in [2.05, 4.69) is 57.5 Å². The van der Waals surface area contributed by atoms with Crippen molar-refractivity contribution in [1.29, 1.82) is 0 Å². The van der Waals surface area contributed by atoms with Gasteiger partial charge in [0.2, 0.25) is 0 Å². The van der Waals surface area contributed by atoms with E-state index in [0.29, 0.717) is 0 Å². The van der Waals surface area contributed by atoms with Gasteiger partial charge in [-0.25, -0.2) is 4.68 Å². The van der Waals surface area contributed by atoms with Crippen LogP contribution in [0.15, 0.2) is 58.4 Å². The maximum Gasteiger partial charge on any atom is 0.194 e. The van der Waals surface area contributed by atoms with Crippen LogP contribution in [0.2, 0.25) is 0 Å². The molecular weight excluding hydrogens is 529 g/mol. The number of nitrogens with zero attached hydrogens (tertiary/aromatic N) is 6. The molecule has 1 aliphatic rings. The van der Waals surface area contributed by atoms with Gasteiger partial charge in [0, 0.05) is 58.1 Å². The van der Waals surface area contributed by atoms with Gasteiger partial charge in [-0.2, -0.15) is 5.10 Å². The number of rotatable bonds is 8. The number of halogens is 1. The second kappa shape index (κ2) is 12.7. The lowest BCUT2D eigenvalue weighted by Crippen LogP contribution is -2.52. The van der Waals surface area contributed by atoms with Crippen LogP contribution in [0.3, 0.4) is 0 Å². The summed E-state index contributed by atoms with van der Waals surface area (Å²) in [4.78, 5) is 9.68. The Bertz CT molecular complexity index is 980. The first kappa shape index (κ1) is 25.2. The summed E-state index contributed by atoms with van der Waals surface area (Å²) in [5, 5.41) is 12.2. The zero-order valence-electron chi connectivity index (χ0n) is 19.5. The smallest absolute Gasteiger partial charge is 0.194 e. The number of hydrogen-bond donors (Lipinski definition) is 1. The molecule has 1 aromatic carbocycles. The number of hydrogen-bond acceptors (Lipinski definition) is 5. The number of para-hydroxylation sites is 1. The largest absolute Gasteiger partial charge is 0.364 e. The maximum atomic E-state index is 4.94. The first-order valence-electron chi connectivity index (χ1n) is 11.5. The molecule has 0 saturated carbocycles. The average Bonchev–Trinajstić information content (AvgIpc) is 3.47. The first-order valence-corrected chi connectivity index (χ1v) is 11.5. The number of nitrogens with one attached hydrogen (secondary N) is 1. The number of aryl methyl sites for hydroxylation is 2. The Labute approximate surface area is 213 Å². The average molecular weight is 563 g/mol. The standard InChI is InChI=1S/C24H33N7O.HI/c1-3-25-24(30-15-13-29(14-16-30)19-22-11-17-32-28-22)26-12-7-8-21-18-31(27-20(21)2)23-9-5-4-6-10-23;/h4-6,9-11,17-18H,3,7-8,12-16,19H2,1-2H3,(H,25,26);1H. The number of aliphatic imine (C=N–C) groups is 1. The molecule has 3 heterocycles. The predicted octanol–water partition coefficient (Wildman–Crippen LogP) is 3.50. The Kier molecular flexibility index (Phi) is 9.74. The zero-order chi connectivity index (χ0) is 22.2. The normalized spacial score (nSPS) is 14.8. The Morgan fingerprint density at radius 3 is 2.61 bits per heavy atom. The van der Waals surface area contributed by atoms with E-state index in [1.807, 2.05) is 28.9 Å². The summed E-state index contributed by atoms with van der Waals surface area (Å²) >= 11 is 0. The molecule has 8 nitrogen and oxygen atoms in total. The van der Waals surface area contributed by atoms with Crippen molar-refractivity contribution in [3.63, 3.8) is 0 Å². The summed E-state index contributed by atoms with van der Waals surface area (Å²) in [5.74, 6) is 1.02. The highest BCUT2D eigenvalue weighted by Crippen LogP contribution is 2.14. The fraction of sp³-hybridized carbons (Fsp3) is 0.458. The van der Waals surface area contributed by atoms with E-state index >= 15 is 0 Å². The van der Waals surface area contributed by atoms with Crippen LogP contribution in [0.5, 0.6) is 0 Å². The lowest BCUT2D eigenvalue weighted by atomic mass is 10.1. The van der Waals surface area contributed by atoms with Gasteiger partial charge in [-0.15, -0.1) is 24.0 Å². The molecule has 0 amide bonds. The molecule has 1 saturated heterocycles. The summed E-state index contributed by atoms with van der Waals surface area (Å²) in [6.45, 7) is 10.6. The SMILES string of the molecule is CCNC(=NCCCc1cn(-c2ccccc2)nc1C)N1CCN(Cc2ccon2)CC1.I. The summed E-state index contributed by atoms with van der Waals surface area (Å²) in [5.41, 5.74) is 4.46. The van der Waals surface area contributed by atoms with E-state index in [1.165, 1.54) is 5.56 Å². The first-order chi connectivity index (χ1) is 15.7. The Morgan fingerprint density at radius 2 is 1.91 bits per heavy atom. The lowest BCUT2D eigenvalue weighted by Gasteiger charge is -2.36. The molecule has 0 unspecified atom stereocenters. The number of guanidine groups is 1. The molecular formula is C24H34IN7O. The van der Waals surface area contributed by atoms with Crippen molar-refractivity contribution < 1.29 is 4.52 Å². The highest BCUT2D eigenvalue weighted by molar-refractivity contribution is 14.0. The van der Waals surface area contributed by atoms with E-state index in [-0.39, 0.29) is 24.0 Å². The molecule has 33 heavy (non-hydrogen) atoms. The van der Waals surface area contributed by atoms with Crippen LogP contribution < -0.4 is 5.32 Å². The molecule has 178 valence electrons. The van der Waals surface area contributed by atoms with Crippen LogP contribution in [0.4, 0.5) is 0 Å². The van der Waals surface area contributed by atoms with Gasteiger partial charge >= 0.3 is 0 Å². The molecule has 4 rings (SSSR count). The van der Waals surface area contributed by atoms with Crippen LogP contribution in [-0.2, 0) is 13.0 Å². The third kappa shape index (κ3) is 7.04. The van der Waals surface area contributed by atoms with Crippen LogP contribution >= 0.6 is 24.0 Å². The minimum atomic E-state index is 0. The fourth-order valence-electron chi connectivity index (χ4n) is 4.00. The van der Waals surface area contributed by atoms with Gasteiger partial charge in [-0.1, -0.05) is 23.4 Å². The van der Waals surface area contributed by atoms with E-state index in [0.717, 1.165) is 81.7 Å². The van der Waals surface area contributed by atoms with Gasteiger partial charge in [0.1, 0.15) is 6.26 Å². The second-order valence-electron chi connectivity index (χ2n) is 8.11. The monoisotopic (exact) mass is 563 g/mol. The molecule has 2 aromatic heterocycles. The highest BCUT2D eigenvalue weighted by Gasteiger charge is 2.20. The molecule has 0 spiro atoms. The van der Waals surface area contributed by atoms with E-state index in [1.54, 1.807) is 6.26 Å². The van der Waals surface area contributed by atoms with Crippen LogP contribution in [0.1, 0.15) is 30.3 Å². The van der Waals surface area contributed by atoms with Crippen LogP contribution in [0.25, 0.3) is 5.69 Å². The van der Waals surface area contributed by atoms with Gasteiger partial charge in [-0.05, 0) is 44.4 Å². The molecule has 1 fully saturated rings. The Hall–Kier alpha value is -2.40. The number of benzene rings is 1. The third-order valence-corrected chi connectivity index (χ3v) is 5.77. The number of aromatic nitrogens is 3. The molecule has 1 N–H and O–H groups in total. The second-order valence-corrected chi connectivity index (χ2v) is 8.11. The molecule has 1 aliphatic heterocycles. The van der Waals surface area contributed by atoms with E-state index in [4.69, 9.17) is 9.52 Å². The molecule has 9 heteroatoms.